The Kier molecular flexibility index (Phi) is 2.84. The first-order chi connectivity index (χ1) is 6.86. The second kappa shape index (κ2) is 4.29. The van der Waals surface area contributed by atoms with Crippen LogP contribution in [0.25, 0.3) is 0 Å². The van der Waals surface area contributed by atoms with E-state index in [1.807, 2.05) is 31.2 Å². The smallest absolute Gasteiger partial charge is 0.125 e. The molecule has 0 radical (unpaired) electrons. The Labute approximate surface area is 84.2 Å². The number of benzene rings is 1. The molecule has 2 atom stereocenters. The Bertz CT molecular complexity index is 305. The van der Waals surface area contributed by atoms with Gasteiger partial charge in [-0.1, -0.05) is 30.3 Å². The van der Waals surface area contributed by atoms with Crippen molar-refractivity contribution in [1.82, 2.24) is 0 Å². The van der Waals surface area contributed by atoms with Gasteiger partial charge in [0.05, 0.1) is 12.9 Å². The quantitative estimate of drug-likeness (QED) is 0.729. The molecule has 2 nitrogen and oxygen atoms in total. The molecule has 0 saturated heterocycles. The molecule has 0 fully saturated rings. The van der Waals surface area contributed by atoms with Crippen molar-refractivity contribution in [1.29, 1.82) is 0 Å². The summed E-state index contributed by atoms with van der Waals surface area (Å²) in [6, 6.07) is 10.2. The van der Waals surface area contributed by atoms with Crippen LogP contribution < -0.4 is 0 Å². The van der Waals surface area contributed by atoms with Crippen molar-refractivity contribution in [2.75, 3.05) is 0 Å². The van der Waals surface area contributed by atoms with Crippen LogP contribution >= 0.6 is 0 Å². The van der Waals surface area contributed by atoms with E-state index in [9.17, 15) is 0 Å². The third-order valence-electron chi connectivity index (χ3n) is 2.31. The molecule has 14 heavy (non-hydrogen) atoms. The highest BCUT2D eigenvalue weighted by Gasteiger charge is 2.19. The maximum atomic E-state index is 5.69. The zero-order chi connectivity index (χ0) is 9.80. The van der Waals surface area contributed by atoms with Crippen molar-refractivity contribution < 1.29 is 9.47 Å². The number of rotatable bonds is 3. The van der Waals surface area contributed by atoms with Gasteiger partial charge in [0.1, 0.15) is 12.2 Å². The molecule has 0 N–H and O–H groups in total. The number of hydrogen-bond acceptors (Lipinski definition) is 2. The normalized spacial score (nSPS) is 24.9. The molecule has 0 aliphatic carbocycles. The molecule has 2 rings (SSSR count). The van der Waals surface area contributed by atoms with Gasteiger partial charge in [0.2, 0.25) is 0 Å². The molecule has 1 aliphatic heterocycles. The largest absolute Gasteiger partial charge is 0.495 e. The van der Waals surface area contributed by atoms with E-state index in [0.717, 1.165) is 0 Å². The lowest BCUT2D eigenvalue weighted by molar-refractivity contribution is 0.00402. The van der Waals surface area contributed by atoms with Gasteiger partial charge in [-0.25, -0.2) is 0 Å². The van der Waals surface area contributed by atoms with Crippen LogP contribution in [0.3, 0.4) is 0 Å². The second-order valence-electron chi connectivity index (χ2n) is 3.43. The monoisotopic (exact) mass is 190 g/mol. The fourth-order valence-electron chi connectivity index (χ4n) is 1.44. The first-order valence-corrected chi connectivity index (χ1v) is 4.84. The van der Waals surface area contributed by atoms with E-state index >= 15 is 0 Å². The van der Waals surface area contributed by atoms with Gasteiger partial charge in [-0.15, -0.1) is 0 Å². The number of hydrogen-bond donors (Lipinski definition) is 0. The van der Waals surface area contributed by atoms with Crippen LogP contribution in [0, 0.1) is 0 Å². The summed E-state index contributed by atoms with van der Waals surface area (Å²) in [7, 11) is 0. The van der Waals surface area contributed by atoms with Gasteiger partial charge in [-0.05, 0) is 18.6 Å². The van der Waals surface area contributed by atoms with Crippen LogP contribution in [0.2, 0.25) is 0 Å². The minimum atomic E-state index is 0.0928. The standard InChI is InChI=1S/C12H14O2/c1-10-12(7-8-13-10)14-9-11-5-3-2-4-6-11/h2-8,10,12H,9H2,1H3. The lowest BCUT2D eigenvalue weighted by Crippen LogP contribution is -2.21. The molecular formula is C12H14O2. The Balaban J connectivity index is 1.86. The van der Waals surface area contributed by atoms with Crippen LogP contribution in [0.4, 0.5) is 0 Å². The van der Waals surface area contributed by atoms with Crippen LogP contribution in [-0.4, -0.2) is 12.2 Å². The molecule has 0 spiro atoms. The minimum absolute atomic E-state index is 0.0928. The zero-order valence-corrected chi connectivity index (χ0v) is 8.22. The highest BCUT2D eigenvalue weighted by Crippen LogP contribution is 2.15. The van der Waals surface area contributed by atoms with Crippen LogP contribution in [0.1, 0.15) is 12.5 Å². The molecule has 0 aromatic heterocycles. The summed E-state index contributed by atoms with van der Waals surface area (Å²) in [5.74, 6) is 0. The highest BCUT2D eigenvalue weighted by molar-refractivity contribution is 5.13. The third-order valence-corrected chi connectivity index (χ3v) is 2.31. The Morgan fingerprint density at radius 2 is 2.07 bits per heavy atom. The summed E-state index contributed by atoms with van der Waals surface area (Å²) < 4.78 is 10.9. The van der Waals surface area contributed by atoms with Crippen LogP contribution in [0.15, 0.2) is 42.7 Å². The fraction of sp³-hybridized carbons (Fsp3) is 0.333. The van der Waals surface area contributed by atoms with Crippen molar-refractivity contribution in [3.05, 3.63) is 48.2 Å². The molecule has 1 aromatic carbocycles. The van der Waals surface area contributed by atoms with Crippen molar-refractivity contribution >= 4 is 0 Å². The summed E-state index contributed by atoms with van der Waals surface area (Å²) >= 11 is 0. The predicted molar refractivity (Wildman–Crippen MR) is 54.7 cm³/mol. The Hall–Kier alpha value is -1.28. The van der Waals surface area contributed by atoms with Crippen molar-refractivity contribution in [2.24, 2.45) is 0 Å². The van der Waals surface area contributed by atoms with E-state index in [-0.39, 0.29) is 12.2 Å². The molecule has 2 heteroatoms. The summed E-state index contributed by atoms with van der Waals surface area (Å²) in [4.78, 5) is 0. The molecule has 0 bridgehead atoms. The molecule has 1 aromatic rings. The van der Waals surface area contributed by atoms with Gasteiger partial charge in [0.25, 0.3) is 0 Å². The average molecular weight is 190 g/mol. The molecule has 0 amide bonds. The molecule has 1 heterocycles. The lowest BCUT2D eigenvalue weighted by atomic mass is 10.2. The Morgan fingerprint density at radius 3 is 2.71 bits per heavy atom. The minimum Gasteiger partial charge on any atom is -0.495 e. The molecule has 0 saturated carbocycles. The van der Waals surface area contributed by atoms with E-state index in [1.165, 1.54) is 5.56 Å². The summed E-state index contributed by atoms with van der Waals surface area (Å²) in [6.45, 7) is 2.65. The first-order valence-electron chi connectivity index (χ1n) is 4.84. The van der Waals surface area contributed by atoms with Gasteiger partial charge < -0.3 is 9.47 Å². The average Bonchev–Trinajstić information content (AvgIpc) is 2.63. The molecular weight excluding hydrogens is 176 g/mol. The first kappa shape index (κ1) is 9.28. The van der Waals surface area contributed by atoms with E-state index < -0.39 is 0 Å². The van der Waals surface area contributed by atoms with Crippen LogP contribution in [0.5, 0.6) is 0 Å². The molecule has 74 valence electrons. The highest BCUT2D eigenvalue weighted by atomic mass is 16.5. The number of ether oxygens (including phenoxy) is 2. The maximum absolute atomic E-state index is 5.69. The van der Waals surface area contributed by atoms with Crippen LogP contribution in [-0.2, 0) is 16.1 Å². The van der Waals surface area contributed by atoms with Crippen molar-refractivity contribution in [3.8, 4) is 0 Å². The topological polar surface area (TPSA) is 18.5 Å². The van der Waals surface area contributed by atoms with E-state index in [0.29, 0.717) is 6.61 Å². The zero-order valence-electron chi connectivity index (χ0n) is 8.22. The third kappa shape index (κ3) is 2.15. The van der Waals surface area contributed by atoms with Crippen molar-refractivity contribution in [3.63, 3.8) is 0 Å². The second-order valence-corrected chi connectivity index (χ2v) is 3.43. The fourth-order valence-corrected chi connectivity index (χ4v) is 1.44. The van der Waals surface area contributed by atoms with Gasteiger partial charge >= 0.3 is 0 Å². The Morgan fingerprint density at radius 1 is 1.29 bits per heavy atom. The van der Waals surface area contributed by atoms with Gasteiger partial charge in [0, 0.05) is 0 Å². The molecule has 1 aliphatic rings. The molecule has 2 unspecified atom stereocenters. The van der Waals surface area contributed by atoms with Crippen molar-refractivity contribution in [2.45, 2.75) is 25.7 Å². The lowest BCUT2D eigenvalue weighted by Gasteiger charge is -2.14. The van der Waals surface area contributed by atoms with E-state index in [1.54, 1.807) is 6.26 Å². The summed E-state index contributed by atoms with van der Waals surface area (Å²) in [5.41, 5.74) is 1.19. The summed E-state index contributed by atoms with van der Waals surface area (Å²) in [5, 5.41) is 0. The SMILES string of the molecule is CC1OC=CC1OCc1ccccc1. The summed E-state index contributed by atoms with van der Waals surface area (Å²) in [6.07, 6.45) is 3.89. The van der Waals surface area contributed by atoms with E-state index in [2.05, 4.69) is 12.1 Å². The van der Waals surface area contributed by atoms with E-state index in [4.69, 9.17) is 9.47 Å². The maximum Gasteiger partial charge on any atom is 0.125 e. The van der Waals surface area contributed by atoms with Gasteiger partial charge in [0.15, 0.2) is 0 Å². The van der Waals surface area contributed by atoms with Gasteiger partial charge in [-0.2, -0.15) is 0 Å². The van der Waals surface area contributed by atoms with Gasteiger partial charge in [-0.3, -0.25) is 0 Å². The predicted octanol–water partition coefficient (Wildman–Crippen LogP) is 2.50.